The van der Waals surface area contributed by atoms with Crippen molar-refractivity contribution in [2.45, 2.75) is 77.2 Å². The van der Waals surface area contributed by atoms with Gasteiger partial charge in [-0.15, -0.1) is 11.3 Å². The van der Waals surface area contributed by atoms with E-state index in [1.54, 1.807) is 18.4 Å². The Morgan fingerprint density at radius 1 is 1.25 bits per heavy atom. The average molecular weight is 509 g/mol. The predicted molar refractivity (Wildman–Crippen MR) is 142 cm³/mol. The van der Waals surface area contributed by atoms with Crippen LogP contribution in [0.4, 0.5) is 0 Å². The third kappa shape index (κ3) is 7.23. The van der Waals surface area contributed by atoms with E-state index in [2.05, 4.69) is 43.2 Å². The van der Waals surface area contributed by atoms with Gasteiger partial charge in [-0.3, -0.25) is 14.4 Å². The van der Waals surface area contributed by atoms with E-state index >= 15 is 0 Å². The van der Waals surface area contributed by atoms with Gasteiger partial charge in [0.15, 0.2) is 5.78 Å². The molecule has 2 aromatic rings. The lowest BCUT2D eigenvalue weighted by Crippen LogP contribution is -2.44. The monoisotopic (exact) mass is 508 g/mol. The van der Waals surface area contributed by atoms with Crippen molar-refractivity contribution >= 4 is 39.2 Å². The van der Waals surface area contributed by atoms with Crippen LogP contribution in [0, 0.1) is 23.2 Å². The largest absolute Gasteiger partial charge is 0.359 e. The van der Waals surface area contributed by atoms with Crippen molar-refractivity contribution in [3.05, 3.63) is 40.9 Å². The number of thiazole rings is 1. The molecule has 36 heavy (non-hydrogen) atoms. The molecular formula is C28H36N4O3S. The zero-order valence-corrected chi connectivity index (χ0v) is 22.2. The molecule has 0 saturated heterocycles. The number of hydrogen-bond donors (Lipinski definition) is 2. The highest BCUT2D eigenvalue weighted by Gasteiger charge is 2.31. The number of nitrogens with one attached hydrogen (secondary N) is 2. The summed E-state index contributed by atoms with van der Waals surface area (Å²) >= 11 is 1.57. The second kappa shape index (κ2) is 12.8. The summed E-state index contributed by atoms with van der Waals surface area (Å²) in [5.74, 6) is -0.540. The Morgan fingerprint density at radius 2 is 1.97 bits per heavy atom. The van der Waals surface area contributed by atoms with E-state index in [0.717, 1.165) is 40.9 Å². The topological polar surface area (TPSA) is 112 Å². The van der Waals surface area contributed by atoms with Crippen LogP contribution in [0.15, 0.2) is 30.4 Å². The average Bonchev–Trinajstić information content (AvgIpc) is 3.54. The first kappa shape index (κ1) is 27.5. The highest BCUT2D eigenvalue weighted by Crippen LogP contribution is 2.31. The molecule has 0 aliphatic heterocycles. The van der Waals surface area contributed by atoms with Gasteiger partial charge < -0.3 is 10.6 Å². The molecular weight excluding hydrogens is 472 g/mol. The second-order valence-corrected chi connectivity index (χ2v) is 11.1. The van der Waals surface area contributed by atoms with Gasteiger partial charge in [0.05, 0.1) is 26.7 Å². The summed E-state index contributed by atoms with van der Waals surface area (Å²) in [6.45, 7) is 7.81. The maximum atomic E-state index is 13.5. The highest BCUT2D eigenvalue weighted by molar-refractivity contribution is 7.18. The summed E-state index contributed by atoms with van der Waals surface area (Å²) in [4.78, 5) is 42.7. The zero-order valence-electron chi connectivity index (χ0n) is 21.4. The first-order valence-corrected chi connectivity index (χ1v) is 13.6. The number of amides is 2. The molecule has 1 fully saturated rings. The lowest BCUT2D eigenvalue weighted by molar-refractivity contribution is -0.131. The minimum absolute atomic E-state index is 0.0551. The number of carbonyl (C=O) groups is 3. The van der Waals surface area contributed by atoms with Crippen LogP contribution < -0.4 is 10.6 Å². The van der Waals surface area contributed by atoms with Crippen LogP contribution >= 0.6 is 11.3 Å². The molecule has 0 radical (unpaired) electrons. The molecule has 8 heteroatoms. The van der Waals surface area contributed by atoms with Crippen molar-refractivity contribution in [2.24, 2.45) is 11.8 Å². The molecule has 0 bridgehead atoms. The van der Waals surface area contributed by atoms with Gasteiger partial charge in [-0.25, -0.2) is 4.98 Å². The van der Waals surface area contributed by atoms with Gasteiger partial charge in [0.2, 0.25) is 11.8 Å². The molecule has 1 saturated carbocycles. The summed E-state index contributed by atoms with van der Waals surface area (Å²) < 4.78 is 1.08. The standard InChI is InChI=1S/C28H36N4O3S/c1-17(2)20-9-10-23-25(13-20)36-27(31-23)15-21(14-26(34)30-4)28(35)32-22(19-7-5-6-8-19)11-12-24(33)18(3)16-29/h9-10,13,17,19,21-22H,3,5-8,11-12,14-15H2,1-2,4H3,(H,30,34)(H,32,35)/t21-,22+/m0/s1. The molecule has 1 aromatic carbocycles. The Kier molecular flexibility index (Phi) is 9.77. The fraction of sp³-hybridized carbons (Fsp3) is 0.536. The van der Waals surface area contributed by atoms with Crippen molar-refractivity contribution in [2.75, 3.05) is 7.05 Å². The number of rotatable bonds is 12. The molecule has 0 spiro atoms. The number of fused-ring (bicyclic) bond motifs is 1. The van der Waals surface area contributed by atoms with Gasteiger partial charge in [0.1, 0.15) is 6.07 Å². The SMILES string of the molecule is C=C(C#N)C(=O)CC[C@@H](NC(=O)[C@@H](CC(=O)NC)Cc1nc2ccc(C(C)C)cc2s1)C1CCCC1. The van der Waals surface area contributed by atoms with Crippen molar-refractivity contribution < 1.29 is 14.4 Å². The van der Waals surface area contributed by atoms with Crippen LogP contribution in [0.1, 0.15) is 75.3 Å². The third-order valence-electron chi connectivity index (χ3n) is 7.08. The molecule has 1 heterocycles. The normalized spacial score (nSPS) is 15.4. The summed E-state index contributed by atoms with van der Waals surface area (Å²) in [5, 5.41) is 15.6. The van der Waals surface area contributed by atoms with E-state index in [1.807, 2.05) is 12.1 Å². The number of ketones is 1. The number of allylic oxidation sites excluding steroid dienone is 1. The Morgan fingerprint density at radius 3 is 2.61 bits per heavy atom. The van der Waals surface area contributed by atoms with Crippen LogP contribution in [0.3, 0.4) is 0 Å². The first-order chi connectivity index (χ1) is 17.2. The minimum Gasteiger partial charge on any atom is -0.359 e. The van der Waals surface area contributed by atoms with Crippen LogP contribution in [-0.4, -0.2) is 35.7 Å². The number of nitriles is 1. The number of hydrogen-bond acceptors (Lipinski definition) is 6. The smallest absolute Gasteiger partial charge is 0.224 e. The van der Waals surface area contributed by atoms with E-state index in [0.29, 0.717) is 18.8 Å². The molecule has 2 N–H and O–H groups in total. The van der Waals surface area contributed by atoms with E-state index in [4.69, 9.17) is 10.2 Å². The Balaban J connectivity index is 1.77. The van der Waals surface area contributed by atoms with Crippen LogP contribution in [0.25, 0.3) is 10.2 Å². The van der Waals surface area contributed by atoms with Crippen molar-refractivity contribution in [1.82, 2.24) is 15.6 Å². The Labute approximate surface area is 217 Å². The lowest BCUT2D eigenvalue weighted by Gasteiger charge is -2.27. The second-order valence-electron chi connectivity index (χ2n) is 9.98. The summed E-state index contributed by atoms with van der Waals surface area (Å²) in [7, 11) is 1.57. The Hall–Kier alpha value is -3.05. The molecule has 0 unspecified atom stereocenters. The van der Waals surface area contributed by atoms with E-state index in [-0.39, 0.29) is 48.0 Å². The van der Waals surface area contributed by atoms with Gasteiger partial charge in [-0.1, -0.05) is 39.3 Å². The first-order valence-electron chi connectivity index (χ1n) is 12.7. The summed E-state index contributed by atoms with van der Waals surface area (Å²) in [6, 6.07) is 7.88. The maximum absolute atomic E-state index is 13.5. The van der Waals surface area contributed by atoms with Crippen LogP contribution in [-0.2, 0) is 20.8 Å². The van der Waals surface area contributed by atoms with Crippen molar-refractivity contribution in [3.63, 3.8) is 0 Å². The summed E-state index contributed by atoms with van der Waals surface area (Å²) in [5.41, 5.74) is 2.09. The Bertz CT molecular complexity index is 1160. The number of nitrogens with zero attached hydrogens (tertiary/aromatic N) is 2. The molecule has 1 aliphatic rings. The molecule has 2 atom stereocenters. The molecule has 192 valence electrons. The number of benzene rings is 1. The number of Topliss-reactive ketones (excluding diaryl/α,β-unsaturated/α-hetero) is 1. The third-order valence-corrected chi connectivity index (χ3v) is 8.12. The van der Waals surface area contributed by atoms with Crippen molar-refractivity contribution in [1.29, 1.82) is 5.26 Å². The molecule has 3 rings (SSSR count). The van der Waals surface area contributed by atoms with E-state index in [1.165, 1.54) is 5.56 Å². The molecule has 1 aliphatic carbocycles. The predicted octanol–water partition coefficient (Wildman–Crippen LogP) is 4.82. The van der Waals surface area contributed by atoms with Gasteiger partial charge >= 0.3 is 0 Å². The van der Waals surface area contributed by atoms with E-state index in [9.17, 15) is 14.4 Å². The fourth-order valence-corrected chi connectivity index (χ4v) is 5.91. The quantitative estimate of drug-likeness (QED) is 0.315. The van der Waals surface area contributed by atoms with Crippen molar-refractivity contribution in [3.8, 4) is 6.07 Å². The fourth-order valence-electron chi connectivity index (χ4n) is 4.82. The zero-order chi connectivity index (χ0) is 26.2. The lowest BCUT2D eigenvalue weighted by atomic mass is 9.91. The van der Waals surface area contributed by atoms with Gasteiger partial charge in [-0.05, 0) is 48.8 Å². The van der Waals surface area contributed by atoms with Gasteiger partial charge in [0.25, 0.3) is 0 Å². The van der Waals surface area contributed by atoms with E-state index < -0.39 is 5.92 Å². The van der Waals surface area contributed by atoms with Gasteiger partial charge in [-0.2, -0.15) is 5.26 Å². The van der Waals surface area contributed by atoms with Gasteiger partial charge in [0, 0.05) is 32.4 Å². The molecule has 2 amide bonds. The highest BCUT2D eigenvalue weighted by atomic mass is 32.1. The van der Waals surface area contributed by atoms with Crippen LogP contribution in [0.2, 0.25) is 0 Å². The minimum atomic E-state index is -0.566. The number of aromatic nitrogens is 1. The molecule has 1 aromatic heterocycles. The van der Waals surface area contributed by atoms with Crippen LogP contribution in [0.5, 0.6) is 0 Å². The summed E-state index contributed by atoms with van der Waals surface area (Å²) in [6.07, 6.45) is 5.26. The number of carbonyl (C=O) groups excluding carboxylic acids is 3. The maximum Gasteiger partial charge on any atom is 0.224 e. The molecule has 7 nitrogen and oxygen atoms in total.